The van der Waals surface area contributed by atoms with Crippen molar-refractivity contribution in [3.63, 3.8) is 0 Å². The van der Waals surface area contributed by atoms with Crippen LogP contribution in [0.15, 0.2) is 55.8 Å². The van der Waals surface area contributed by atoms with Crippen molar-refractivity contribution in [2.45, 2.75) is 19.9 Å². The number of piperazine rings is 1. The van der Waals surface area contributed by atoms with Gasteiger partial charge < -0.3 is 28.4 Å². The Morgan fingerprint density at radius 3 is 2.56 bits per heavy atom. The molecular weight excluding hydrogens is 520 g/mol. The Morgan fingerprint density at radius 1 is 1.13 bits per heavy atom. The molecule has 0 spiro atoms. The minimum Gasteiger partial charge on any atom is -0.493 e. The van der Waals surface area contributed by atoms with E-state index in [9.17, 15) is 9.59 Å². The van der Waals surface area contributed by atoms with Crippen LogP contribution in [0, 0.1) is 0 Å². The van der Waals surface area contributed by atoms with Crippen LogP contribution in [0.5, 0.6) is 11.5 Å². The predicted molar refractivity (Wildman–Crippen MR) is 148 cm³/mol. The summed E-state index contributed by atoms with van der Waals surface area (Å²) >= 11 is 1.25. The van der Waals surface area contributed by atoms with Crippen molar-refractivity contribution in [1.29, 1.82) is 0 Å². The maximum atomic E-state index is 13.9. The van der Waals surface area contributed by atoms with Gasteiger partial charge in [-0.1, -0.05) is 17.4 Å². The number of esters is 1. The first-order valence-corrected chi connectivity index (χ1v) is 13.6. The van der Waals surface area contributed by atoms with E-state index < -0.39 is 12.0 Å². The zero-order chi connectivity index (χ0) is 27.7. The molecule has 0 amide bonds. The van der Waals surface area contributed by atoms with Crippen LogP contribution in [-0.4, -0.2) is 69.5 Å². The lowest BCUT2D eigenvalue weighted by molar-refractivity contribution is -0.139. The van der Waals surface area contributed by atoms with Gasteiger partial charge in [0.1, 0.15) is 5.76 Å². The van der Waals surface area contributed by atoms with Crippen molar-refractivity contribution in [2.24, 2.45) is 4.99 Å². The van der Waals surface area contributed by atoms with Crippen LogP contribution in [0.25, 0.3) is 6.08 Å². The molecule has 0 aliphatic carbocycles. The van der Waals surface area contributed by atoms with E-state index in [1.165, 1.54) is 11.3 Å². The van der Waals surface area contributed by atoms with E-state index in [1.54, 1.807) is 50.8 Å². The highest BCUT2D eigenvalue weighted by Crippen LogP contribution is 2.36. The number of allylic oxidation sites excluding steroid dienone is 1. The fraction of sp³-hybridized carbons (Fsp3) is 0.393. The fourth-order valence-electron chi connectivity index (χ4n) is 4.88. The third kappa shape index (κ3) is 5.11. The van der Waals surface area contributed by atoms with Crippen molar-refractivity contribution in [1.82, 2.24) is 9.47 Å². The number of fused-ring (bicyclic) bond motifs is 1. The second-order valence-electron chi connectivity index (χ2n) is 9.38. The largest absolute Gasteiger partial charge is 0.493 e. The van der Waals surface area contributed by atoms with Gasteiger partial charge in [0, 0.05) is 38.3 Å². The van der Waals surface area contributed by atoms with Gasteiger partial charge in [0.15, 0.2) is 22.2 Å². The maximum absolute atomic E-state index is 13.9. The Labute approximate surface area is 230 Å². The molecule has 4 heterocycles. The molecule has 0 N–H and O–H groups in total. The van der Waals surface area contributed by atoms with Gasteiger partial charge in [-0.15, -0.1) is 0 Å². The van der Waals surface area contributed by atoms with Crippen molar-refractivity contribution in [3.05, 3.63) is 72.6 Å². The van der Waals surface area contributed by atoms with Gasteiger partial charge in [0.2, 0.25) is 0 Å². The van der Waals surface area contributed by atoms with Gasteiger partial charge >= 0.3 is 5.97 Å². The van der Waals surface area contributed by atoms with Crippen molar-refractivity contribution >= 4 is 29.3 Å². The van der Waals surface area contributed by atoms with Crippen molar-refractivity contribution < 1.29 is 23.4 Å². The lowest BCUT2D eigenvalue weighted by Gasteiger charge is -2.32. The highest BCUT2D eigenvalue weighted by atomic mass is 32.1. The number of rotatable bonds is 7. The molecule has 2 aromatic heterocycles. The predicted octanol–water partition coefficient (Wildman–Crippen LogP) is 2.16. The number of ether oxygens (including phenoxy) is 3. The lowest BCUT2D eigenvalue weighted by atomic mass is 9.95. The summed E-state index contributed by atoms with van der Waals surface area (Å²) in [5.41, 5.74) is 1.20. The van der Waals surface area contributed by atoms with Gasteiger partial charge in [0.25, 0.3) is 5.56 Å². The number of nitrogens with zero attached hydrogens (tertiary/aromatic N) is 4. The summed E-state index contributed by atoms with van der Waals surface area (Å²) < 4.78 is 24.4. The molecule has 1 saturated heterocycles. The van der Waals surface area contributed by atoms with Crippen LogP contribution in [0.3, 0.4) is 0 Å². The summed E-state index contributed by atoms with van der Waals surface area (Å²) in [7, 11) is 5.20. The van der Waals surface area contributed by atoms with E-state index in [0.717, 1.165) is 32.1 Å². The highest BCUT2D eigenvalue weighted by molar-refractivity contribution is 7.07. The Balaban J connectivity index is 1.60. The van der Waals surface area contributed by atoms with Gasteiger partial charge in [-0.25, -0.2) is 9.79 Å². The number of methoxy groups -OCH3 is 2. The number of carbonyl (C=O) groups is 1. The standard InChI is InChI=1S/C28H32N4O6S/c1-6-37-27(34)24-17(2)29-28-32(25(24)18-7-9-20(35-4)21(15-18)36-5)26(33)22(39-28)16-19-8-10-23(38-19)31-13-11-30(3)12-14-31/h7-10,15-16,25H,6,11-14H2,1-5H3. The zero-order valence-electron chi connectivity index (χ0n) is 22.7. The topological polar surface area (TPSA) is 98.7 Å². The molecule has 2 aliphatic rings. The molecule has 10 nitrogen and oxygen atoms in total. The summed E-state index contributed by atoms with van der Waals surface area (Å²) in [4.78, 5) is 36.6. The average molecular weight is 553 g/mol. The Hall–Kier alpha value is -3.83. The zero-order valence-corrected chi connectivity index (χ0v) is 23.5. The monoisotopic (exact) mass is 552 g/mol. The summed E-state index contributed by atoms with van der Waals surface area (Å²) in [5.74, 6) is 1.88. The number of carbonyl (C=O) groups excluding carboxylic acids is 1. The molecule has 206 valence electrons. The summed E-state index contributed by atoms with van der Waals surface area (Å²) in [5, 5.41) is 0. The van der Waals surface area contributed by atoms with Crippen LogP contribution in [0.2, 0.25) is 0 Å². The molecule has 1 unspecified atom stereocenters. The molecule has 1 aromatic carbocycles. The van der Waals surface area contributed by atoms with Crippen molar-refractivity contribution in [3.8, 4) is 11.5 Å². The normalized spacial score (nSPS) is 18.1. The third-order valence-electron chi connectivity index (χ3n) is 6.94. The number of anilines is 1. The second-order valence-corrected chi connectivity index (χ2v) is 10.4. The second kappa shape index (κ2) is 11.1. The van der Waals surface area contributed by atoms with Gasteiger partial charge in [0.05, 0.1) is 42.7 Å². The van der Waals surface area contributed by atoms with Crippen LogP contribution in [0.4, 0.5) is 5.88 Å². The van der Waals surface area contributed by atoms with E-state index in [1.807, 2.05) is 18.2 Å². The highest BCUT2D eigenvalue weighted by Gasteiger charge is 2.34. The van der Waals surface area contributed by atoms with E-state index >= 15 is 0 Å². The lowest BCUT2D eigenvalue weighted by Crippen LogP contribution is -2.44. The smallest absolute Gasteiger partial charge is 0.338 e. The molecule has 2 aliphatic heterocycles. The summed E-state index contributed by atoms with van der Waals surface area (Å²) in [6.07, 6.45) is 1.73. The number of aromatic nitrogens is 1. The van der Waals surface area contributed by atoms with Gasteiger partial charge in [-0.2, -0.15) is 0 Å². The number of benzene rings is 1. The third-order valence-corrected chi connectivity index (χ3v) is 7.92. The summed E-state index contributed by atoms with van der Waals surface area (Å²) in [6.45, 7) is 7.40. The van der Waals surface area contributed by atoms with Crippen LogP contribution in [-0.2, 0) is 9.53 Å². The molecular formula is C28H32N4O6S. The van der Waals surface area contributed by atoms with Crippen LogP contribution < -0.4 is 29.3 Å². The van der Waals surface area contributed by atoms with E-state index in [0.29, 0.717) is 43.4 Å². The molecule has 0 saturated carbocycles. The molecule has 1 atom stereocenters. The van der Waals surface area contributed by atoms with Gasteiger partial charge in [-0.05, 0) is 44.7 Å². The molecule has 0 bridgehead atoms. The first kappa shape index (κ1) is 26.8. The quantitative estimate of drug-likeness (QED) is 0.412. The average Bonchev–Trinajstić information content (AvgIpc) is 3.52. The van der Waals surface area contributed by atoms with Gasteiger partial charge in [-0.3, -0.25) is 9.36 Å². The molecule has 11 heteroatoms. The Bertz CT molecular complexity index is 1590. The SMILES string of the molecule is CCOC(=O)C1=C(C)N=c2sc(=Cc3ccc(N4CCN(C)CC4)o3)c(=O)n2C1c1ccc(OC)c(OC)c1. The molecule has 39 heavy (non-hydrogen) atoms. The molecule has 3 aromatic rings. The fourth-order valence-corrected chi connectivity index (χ4v) is 5.90. The number of hydrogen-bond donors (Lipinski definition) is 0. The Kier molecular flexibility index (Phi) is 7.62. The molecule has 5 rings (SSSR count). The molecule has 0 radical (unpaired) electrons. The summed E-state index contributed by atoms with van der Waals surface area (Å²) in [6, 6.07) is 8.39. The first-order chi connectivity index (χ1) is 18.8. The number of likely N-dealkylation sites (N-methyl/N-ethyl adjacent to an activating group) is 1. The minimum atomic E-state index is -0.750. The van der Waals surface area contributed by atoms with Crippen LogP contribution in [0.1, 0.15) is 31.2 Å². The minimum absolute atomic E-state index is 0.201. The Morgan fingerprint density at radius 2 is 1.87 bits per heavy atom. The van der Waals surface area contributed by atoms with E-state index in [2.05, 4.69) is 21.8 Å². The number of hydrogen-bond acceptors (Lipinski definition) is 10. The maximum Gasteiger partial charge on any atom is 0.338 e. The van der Waals surface area contributed by atoms with Crippen LogP contribution >= 0.6 is 11.3 Å². The van der Waals surface area contributed by atoms with E-state index in [4.69, 9.17) is 18.6 Å². The first-order valence-electron chi connectivity index (χ1n) is 12.8. The van der Waals surface area contributed by atoms with E-state index in [-0.39, 0.29) is 12.2 Å². The van der Waals surface area contributed by atoms with Crippen molar-refractivity contribution in [2.75, 3.05) is 59.0 Å². The molecule has 1 fully saturated rings. The number of furan rings is 1. The number of thiazole rings is 1.